The molecule has 0 atom stereocenters. The number of hydrogen-bond donors (Lipinski definition) is 2. The number of rotatable bonds is 4. The molecule has 1 heterocycles. The highest BCUT2D eigenvalue weighted by molar-refractivity contribution is 5.46. The number of anilines is 2. The first-order valence-electron chi connectivity index (χ1n) is 5.31. The summed E-state index contributed by atoms with van der Waals surface area (Å²) in [5, 5.41) is 2.96. The van der Waals surface area contributed by atoms with Gasteiger partial charge in [-0.1, -0.05) is 13.8 Å². The van der Waals surface area contributed by atoms with E-state index in [0.29, 0.717) is 0 Å². The van der Waals surface area contributed by atoms with Crippen molar-refractivity contribution in [2.75, 3.05) is 11.1 Å². The Kier molecular flexibility index (Phi) is 3.67. The largest absolute Gasteiger partial charge is 0.381 e. The molecule has 90 valence electrons. The summed E-state index contributed by atoms with van der Waals surface area (Å²) >= 11 is 0. The van der Waals surface area contributed by atoms with E-state index in [1.807, 2.05) is 20.8 Å². The first kappa shape index (κ1) is 12.7. The van der Waals surface area contributed by atoms with E-state index in [2.05, 4.69) is 10.3 Å². The monoisotopic (exact) mass is 229 g/mol. The highest BCUT2D eigenvalue weighted by Gasteiger charge is 2.22. The third kappa shape index (κ3) is 2.59. The second-order valence-corrected chi connectivity index (χ2v) is 4.08. The van der Waals surface area contributed by atoms with Crippen molar-refractivity contribution < 1.29 is 8.78 Å². The zero-order valence-electron chi connectivity index (χ0n) is 9.77. The van der Waals surface area contributed by atoms with Crippen molar-refractivity contribution in [3.63, 3.8) is 0 Å². The number of halogens is 2. The normalized spacial score (nSPS) is 11.6. The van der Waals surface area contributed by atoms with Crippen LogP contribution >= 0.6 is 0 Å². The Labute approximate surface area is 94.1 Å². The molecule has 0 aliphatic carbocycles. The summed E-state index contributed by atoms with van der Waals surface area (Å²) in [6.07, 6.45) is 1.61. The first-order chi connectivity index (χ1) is 7.41. The highest BCUT2D eigenvalue weighted by atomic mass is 19.1. The van der Waals surface area contributed by atoms with Crippen molar-refractivity contribution in [1.82, 2.24) is 4.98 Å². The molecule has 0 saturated heterocycles. The van der Waals surface area contributed by atoms with Gasteiger partial charge in [-0.05, 0) is 19.8 Å². The lowest BCUT2D eigenvalue weighted by atomic mass is 9.95. The van der Waals surface area contributed by atoms with E-state index < -0.39 is 11.6 Å². The number of hydrogen-bond acceptors (Lipinski definition) is 3. The summed E-state index contributed by atoms with van der Waals surface area (Å²) in [7, 11) is 0. The molecule has 1 rings (SSSR count). The molecule has 16 heavy (non-hydrogen) atoms. The third-order valence-corrected chi connectivity index (χ3v) is 2.94. The number of nitrogens with one attached hydrogen (secondary N) is 1. The summed E-state index contributed by atoms with van der Waals surface area (Å²) in [6.45, 7) is 5.93. The molecule has 0 unspecified atom stereocenters. The fourth-order valence-corrected chi connectivity index (χ4v) is 1.28. The Bertz CT molecular complexity index is 376. The quantitative estimate of drug-likeness (QED) is 0.834. The molecular weight excluding hydrogens is 212 g/mol. The Hall–Kier alpha value is -1.39. The standard InChI is InChI=1S/C11H17F2N3/c1-4-11(3,5-2)16-10-8(13)6-7(12)9(14)15-10/h6H,4-5H2,1-3H3,(H3,14,15,16). The molecule has 0 spiro atoms. The number of aromatic nitrogens is 1. The van der Waals surface area contributed by atoms with Crippen LogP contribution in [0.3, 0.4) is 0 Å². The topological polar surface area (TPSA) is 50.9 Å². The van der Waals surface area contributed by atoms with Crippen molar-refractivity contribution in [2.45, 2.75) is 39.2 Å². The van der Waals surface area contributed by atoms with E-state index in [1.165, 1.54) is 0 Å². The average molecular weight is 229 g/mol. The van der Waals surface area contributed by atoms with Gasteiger partial charge < -0.3 is 11.1 Å². The van der Waals surface area contributed by atoms with Gasteiger partial charge in [0.2, 0.25) is 0 Å². The fourth-order valence-electron chi connectivity index (χ4n) is 1.28. The third-order valence-electron chi connectivity index (χ3n) is 2.94. The van der Waals surface area contributed by atoms with Crippen molar-refractivity contribution >= 4 is 11.6 Å². The molecule has 0 aromatic carbocycles. The molecule has 1 aromatic heterocycles. The van der Waals surface area contributed by atoms with Crippen LogP contribution in [-0.2, 0) is 0 Å². The van der Waals surface area contributed by atoms with E-state index in [4.69, 9.17) is 5.73 Å². The summed E-state index contributed by atoms with van der Waals surface area (Å²) in [5.41, 5.74) is 5.03. The van der Waals surface area contributed by atoms with Gasteiger partial charge in [0.25, 0.3) is 0 Å². The predicted octanol–water partition coefficient (Wildman–Crippen LogP) is 2.93. The molecule has 3 N–H and O–H groups in total. The van der Waals surface area contributed by atoms with Crippen LogP contribution < -0.4 is 11.1 Å². The number of nitrogens with two attached hydrogens (primary N) is 1. The van der Waals surface area contributed by atoms with E-state index in [-0.39, 0.29) is 17.2 Å². The molecule has 5 heteroatoms. The molecule has 0 aliphatic rings. The molecule has 0 fully saturated rings. The molecule has 0 aliphatic heterocycles. The summed E-state index contributed by atoms with van der Waals surface area (Å²) in [5.74, 6) is -1.85. The van der Waals surface area contributed by atoms with Crippen LogP contribution in [0.25, 0.3) is 0 Å². The smallest absolute Gasteiger partial charge is 0.168 e. The molecular formula is C11H17F2N3. The summed E-state index contributed by atoms with van der Waals surface area (Å²) < 4.78 is 26.3. The maximum absolute atomic E-state index is 13.4. The second kappa shape index (κ2) is 4.63. The first-order valence-corrected chi connectivity index (χ1v) is 5.31. The zero-order valence-corrected chi connectivity index (χ0v) is 9.77. The lowest BCUT2D eigenvalue weighted by Gasteiger charge is -2.29. The molecule has 3 nitrogen and oxygen atoms in total. The highest BCUT2D eigenvalue weighted by Crippen LogP contribution is 2.24. The minimum Gasteiger partial charge on any atom is -0.381 e. The Balaban J connectivity index is 3.01. The molecule has 0 amide bonds. The lowest BCUT2D eigenvalue weighted by molar-refractivity contribution is 0.470. The van der Waals surface area contributed by atoms with Crippen molar-refractivity contribution in [3.05, 3.63) is 17.7 Å². The fraction of sp³-hybridized carbons (Fsp3) is 0.545. The molecule has 0 bridgehead atoms. The molecule has 0 saturated carbocycles. The SMILES string of the molecule is CCC(C)(CC)Nc1nc(N)c(F)cc1F. The van der Waals surface area contributed by atoms with Gasteiger partial charge in [-0.25, -0.2) is 13.8 Å². The summed E-state index contributed by atoms with van der Waals surface area (Å²) in [4.78, 5) is 3.67. The van der Waals surface area contributed by atoms with Crippen molar-refractivity contribution in [1.29, 1.82) is 0 Å². The lowest BCUT2D eigenvalue weighted by Crippen LogP contribution is -2.34. The van der Waals surface area contributed by atoms with Crippen LogP contribution in [0.5, 0.6) is 0 Å². The number of pyridine rings is 1. The maximum atomic E-state index is 13.4. The van der Waals surface area contributed by atoms with Crippen molar-refractivity contribution in [2.24, 2.45) is 0 Å². The minimum absolute atomic E-state index is 0.00472. The van der Waals surface area contributed by atoms with Gasteiger partial charge in [-0.3, -0.25) is 0 Å². The van der Waals surface area contributed by atoms with Gasteiger partial charge in [0.1, 0.15) is 0 Å². The summed E-state index contributed by atoms with van der Waals surface area (Å²) in [6, 6.07) is 0.746. The van der Waals surface area contributed by atoms with Crippen LogP contribution in [0.15, 0.2) is 6.07 Å². The van der Waals surface area contributed by atoms with Crippen LogP contribution in [0.4, 0.5) is 20.4 Å². The Morgan fingerprint density at radius 3 is 2.38 bits per heavy atom. The average Bonchev–Trinajstić information content (AvgIpc) is 2.25. The van der Waals surface area contributed by atoms with Crippen molar-refractivity contribution in [3.8, 4) is 0 Å². The molecule has 1 aromatic rings. The van der Waals surface area contributed by atoms with E-state index >= 15 is 0 Å². The molecule has 0 radical (unpaired) electrons. The Morgan fingerprint density at radius 2 is 1.88 bits per heavy atom. The minimum atomic E-state index is -0.835. The zero-order chi connectivity index (χ0) is 12.3. The van der Waals surface area contributed by atoms with Crippen LogP contribution in [0, 0.1) is 11.6 Å². The number of nitrogen functional groups attached to an aromatic ring is 1. The van der Waals surface area contributed by atoms with Crippen LogP contribution in [0.1, 0.15) is 33.6 Å². The van der Waals surface area contributed by atoms with Gasteiger partial charge in [0.05, 0.1) is 0 Å². The number of nitrogens with zero attached hydrogens (tertiary/aromatic N) is 1. The predicted molar refractivity (Wildman–Crippen MR) is 61.2 cm³/mol. The second-order valence-electron chi connectivity index (χ2n) is 4.08. The van der Waals surface area contributed by atoms with Crippen LogP contribution in [0.2, 0.25) is 0 Å². The van der Waals surface area contributed by atoms with E-state index in [9.17, 15) is 8.78 Å². The van der Waals surface area contributed by atoms with Gasteiger partial charge in [-0.2, -0.15) is 0 Å². The maximum Gasteiger partial charge on any atom is 0.168 e. The van der Waals surface area contributed by atoms with E-state index in [0.717, 1.165) is 18.9 Å². The Morgan fingerprint density at radius 1 is 1.31 bits per heavy atom. The van der Waals surface area contributed by atoms with Gasteiger partial charge in [0.15, 0.2) is 23.3 Å². The van der Waals surface area contributed by atoms with Crippen LogP contribution in [-0.4, -0.2) is 10.5 Å². The van der Waals surface area contributed by atoms with Gasteiger partial charge >= 0.3 is 0 Å². The van der Waals surface area contributed by atoms with Gasteiger partial charge in [0, 0.05) is 11.6 Å². The van der Waals surface area contributed by atoms with E-state index in [1.54, 1.807) is 0 Å². The van der Waals surface area contributed by atoms with Gasteiger partial charge in [-0.15, -0.1) is 0 Å².